The van der Waals surface area contributed by atoms with Gasteiger partial charge in [-0.15, -0.1) is 0 Å². The van der Waals surface area contributed by atoms with Gasteiger partial charge in [0.25, 0.3) is 0 Å². The maximum absolute atomic E-state index is 12.2. The van der Waals surface area contributed by atoms with E-state index < -0.39 is 0 Å². The van der Waals surface area contributed by atoms with Crippen LogP contribution in [-0.4, -0.2) is 50.1 Å². The van der Waals surface area contributed by atoms with Gasteiger partial charge in [-0.25, -0.2) is 0 Å². The fourth-order valence-corrected chi connectivity index (χ4v) is 3.04. The van der Waals surface area contributed by atoms with E-state index in [-0.39, 0.29) is 11.8 Å². The van der Waals surface area contributed by atoms with Crippen LogP contribution in [0, 0.1) is 5.92 Å². The molecule has 0 aromatic heterocycles. The third-order valence-electron chi connectivity index (χ3n) is 3.93. The molecule has 2 N–H and O–H groups in total. The first-order chi connectivity index (χ1) is 10.6. The van der Waals surface area contributed by atoms with Crippen LogP contribution in [0.3, 0.4) is 0 Å². The van der Waals surface area contributed by atoms with Gasteiger partial charge in [-0.05, 0) is 24.1 Å². The molecule has 1 heterocycles. The molecule has 22 heavy (non-hydrogen) atoms. The molecule has 1 amide bonds. The molecule has 122 valence electrons. The minimum atomic E-state index is -0.110. The van der Waals surface area contributed by atoms with Crippen molar-refractivity contribution in [2.45, 2.75) is 13.3 Å². The molecule has 1 fully saturated rings. The quantitative estimate of drug-likeness (QED) is 0.832. The van der Waals surface area contributed by atoms with Gasteiger partial charge in [0.15, 0.2) is 0 Å². The van der Waals surface area contributed by atoms with Gasteiger partial charge in [-0.1, -0.05) is 36.2 Å². The summed E-state index contributed by atoms with van der Waals surface area (Å²) in [5.41, 5.74) is 0.954. The topological polar surface area (TPSA) is 44.4 Å². The van der Waals surface area contributed by atoms with Crippen molar-refractivity contribution in [1.29, 1.82) is 0 Å². The number of piperazine rings is 1. The van der Waals surface area contributed by atoms with Crippen molar-refractivity contribution in [3.63, 3.8) is 0 Å². The summed E-state index contributed by atoms with van der Waals surface area (Å²) >= 11 is 12.0. The minimum Gasteiger partial charge on any atom is -0.355 e. The largest absolute Gasteiger partial charge is 0.355 e. The van der Waals surface area contributed by atoms with Gasteiger partial charge >= 0.3 is 0 Å². The van der Waals surface area contributed by atoms with Crippen LogP contribution in [0.4, 0.5) is 0 Å². The second-order valence-corrected chi connectivity index (χ2v) is 6.57. The Kier molecular flexibility index (Phi) is 6.96. The maximum Gasteiger partial charge on any atom is 0.223 e. The SMILES string of the molecule is CC(Cc1ccc(Cl)cc1Cl)C(=O)NCCN1CCNCC1. The van der Waals surface area contributed by atoms with E-state index in [4.69, 9.17) is 23.2 Å². The lowest BCUT2D eigenvalue weighted by Crippen LogP contribution is -2.46. The van der Waals surface area contributed by atoms with Crippen molar-refractivity contribution in [2.75, 3.05) is 39.3 Å². The summed E-state index contributed by atoms with van der Waals surface area (Å²) in [6, 6.07) is 5.40. The van der Waals surface area contributed by atoms with E-state index in [1.165, 1.54) is 0 Å². The number of nitrogens with zero attached hydrogens (tertiary/aromatic N) is 1. The number of amides is 1. The van der Waals surface area contributed by atoms with Crippen molar-refractivity contribution in [3.05, 3.63) is 33.8 Å². The first-order valence-electron chi connectivity index (χ1n) is 7.71. The third-order valence-corrected chi connectivity index (χ3v) is 4.51. The summed E-state index contributed by atoms with van der Waals surface area (Å²) in [6.07, 6.45) is 0.621. The summed E-state index contributed by atoms with van der Waals surface area (Å²) in [5.74, 6) is -0.0390. The average Bonchev–Trinajstić information content (AvgIpc) is 2.51. The molecule has 1 aliphatic rings. The Hall–Kier alpha value is -0.810. The molecule has 2 rings (SSSR count). The number of carbonyl (C=O) groups is 1. The number of halogens is 2. The van der Waals surface area contributed by atoms with E-state index in [1.54, 1.807) is 12.1 Å². The highest BCUT2D eigenvalue weighted by Crippen LogP contribution is 2.23. The first-order valence-corrected chi connectivity index (χ1v) is 8.46. The number of hydrogen-bond acceptors (Lipinski definition) is 3. The zero-order valence-corrected chi connectivity index (χ0v) is 14.4. The predicted molar refractivity (Wildman–Crippen MR) is 91.6 cm³/mol. The Balaban J connectivity index is 1.74. The van der Waals surface area contributed by atoms with Gasteiger partial charge in [0.1, 0.15) is 0 Å². The normalized spacial score (nSPS) is 17.2. The molecule has 4 nitrogen and oxygen atoms in total. The second kappa shape index (κ2) is 8.73. The van der Waals surface area contributed by atoms with Gasteiger partial charge in [0.05, 0.1) is 0 Å². The number of benzene rings is 1. The number of hydrogen-bond donors (Lipinski definition) is 2. The smallest absolute Gasteiger partial charge is 0.223 e. The monoisotopic (exact) mass is 343 g/mol. The van der Waals surface area contributed by atoms with Crippen LogP contribution in [0.5, 0.6) is 0 Å². The van der Waals surface area contributed by atoms with Crippen LogP contribution >= 0.6 is 23.2 Å². The lowest BCUT2D eigenvalue weighted by Gasteiger charge is -2.27. The van der Waals surface area contributed by atoms with E-state index in [9.17, 15) is 4.79 Å². The van der Waals surface area contributed by atoms with E-state index in [1.807, 2.05) is 13.0 Å². The van der Waals surface area contributed by atoms with Crippen molar-refractivity contribution in [2.24, 2.45) is 5.92 Å². The van der Waals surface area contributed by atoms with Crippen LogP contribution in [0.1, 0.15) is 12.5 Å². The highest BCUT2D eigenvalue weighted by Gasteiger charge is 2.16. The molecule has 0 radical (unpaired) electrons. The molecule has 0 saturated carbocycles. The standard InChI is InChI=1S/C16H23Cl2N3O/c1-12(10-13-2-3-14(17)11-15(13)18)16(22)20-6-9-21-7-4-19-5-8-21/h2-3,11-12,19H,4-10H2,1H3,(H,20,22). The van der Waals surface area contributed by atoms with E-state index in [0.717, 1.165) is 38.3 Å². The molecular formula is C16H23Cl2N3O. The Morgan fingerprint density at radius 1 is 1.36 bits per heavy atom. The molecular weight excluding hydrogens is 321 g/mol. The average molecular weight is 344 g/mol. The molecule has 1 aliphatic heterocycles. The molecule has 1 unspecified atom stereocenters. The highest BCUT2D eigenvalue weighted by atomic mass is 35.5. The van der Waals surface area contributed by atoms with E-state index >= 15 is 0 Å². The fourth-order valence-electron chi connectivity index (χ4n) is 2.56. The number of nitrogens with one attached hydrogen (secondary N) is 2. The summed E-state index contributed by atoms with van der Waals surface area (Å²) in [5, 5.41) is 7.56. The molecule has 1 saturated heterocycles. The van der Waals surface area contributed by atoms with Crippen LogP contribution < -0.4 is 10.6 Å². The Morgan fingerprint density at radius 3 is 2.77 bits per heavy atom. The van der Waals surface area contributed by atoms with Crippen LogP contribution in [-0.2, 0) is 11.2 Å². The van der Waals surface area contributed by atoms with Crippen molar-refractivity contribution in [1.82, 2.24) is 15.5 Å². The van der Waals surface area contributed by atoms with Gasteiger partial charge < -0.3 is 10.6 Å². The lowest BCUT2D eigenvalue weighted by atomic mass is 10.0. The molecule has 0 bridgehead atoms. The summed E-state index contributed by atoms with van der Waals surface area (Å²) in [4.78, 5) is 14.5. The molecule has 0 spiro atoms. The summed E-state index contributed by atoms with van der Waals surface area (Å²) < 4.78 is 0. The van der Waals surface area contributed by atoms with Gasteiger partial charge in [0.2, 0.25) is 5.91 Å². The minimum absolute atomic E-state index is 0.0705. The van der Waals surface area contributed by atoms with Crippen molar-refractivity contribution >= 4 is 29.1 Å². The molecule has 0 aliphatic carbocycles. The Labute approximate surface area is 142 Å². The van der Waals surface area contributed by atoms with Gasteiger partial charge in [-0.2, -0.15) is 0 Å². The zero-order valence-electron chi connectivity index (χ0n) is 12.9. The van der Waals surface area contributed by atoms with Crippen molar-refractivity contribution < 1.29 is 4.79 Å². The van der Waals surface area contributed by atoms with Gasteiger partial charge in [0, 0.05) is 55.2 Å². The Morgan fingerprint density at radius 2 is 2.09 bits per heavy atom. The predicted octanol–water partition coefficient (Wildman–Crippen LogP) is 2.19. The fraction of sp³-hybridized carbons (Fsp3) is 0.562. The van der Waals surface area contributed by atoms with Crippen LogP contribution in [0.2, 0.25) is 10.0 Å². The van der Waals surface area contributed by atoms with E-state index in [2.05, 4.69) is 15.5 Å². The molecule has 6 heteroatoms. The molecule has 1 atom stereocenters. The maximum atomic E-state index is 12.2. The zero-order chi connectivity index (χ0) is 15.9. The van der Waals surface area contributed by atoms with E-state index in [0.29, 0.717) is 23.0 Å². The highest BCUT2D eigenvalue weighted by molar-refractivity contribution is 6.35. The van der Waals surface area contributed by atoms with Gasteiger partial charge in [-0.3, -0.25) is 9.69 Å². The lowest BCUT2D eigenvalue weighted by molar-refractivity contribution is -0.124. The third kappa shape index (κ3) is 5.43. The molecule has 1 aromatic carbocycles. The summed E-state index contributed by atoms with van der Waals surface area (Å²) in [6.45, 7) is 7.67. The van der Waals surface area contributed by atoms with Crippen LogP contribution in [0.15, 0.2) is 18.2 Å². The van der Waals surface area contributed by atoms with Crippen LogP contribution in [0.25, 0.3) is 0 Å². The second-order valence-electron chi connectivity index (χ2n) is 5.72. The molecule has 1 aromatic rings. The van der Waals surface area contributed by atoms with Crippen molar-refractivity contribution in [3.8, 4) is 0 Å². The number of carbonyl (C=O) groups excluding carboxylic acids is 1. The first kappa shape index (κ1) is 17.5. The Bertz CT molecular complexity index is 504. The number of rotatable bonds is 6. The summed E-state index contributed by atoms with van der Waals surface area (Å²) in [7, 11) is 0.